The fraction of sp³-hybridized carbons (Fsp3) is 0.312. The summed E-state index contributed by atoms with van der Waals surface area (Å²) in [5, 5.41) is 7.62. The van der Waals surface area contributed by atoms with Gasteiger partial charge in [0.15, 0.2) is 0 Å². The molecule has 1 unspecified atom stereocenters. The number of ether oxygens (including phenoxy) is 2. The van der Waals surface area contributed by atoms with Crippen LogP contribution in [0.2, 0.25) is 0 Å². The van der Waals surface area contributed by atoms with E-state index in [0.717, 1.165) is 16.2 Å². The molecule has 0 bridgehead atoms. The summed E-state index contributed by atoms with van der Waals surface area (Å²) in [4.78, 5) is 13.0. The van der Waals surface area contributed by atoms with Crippen LogP contribution in [0.25, 0.3) is 0 Å². The lowest BCUT2D eigenvalue weighted by molar-refractivity contribution is 0.101. The average molecular weight is 320 g/mol. The van der Waals surface area contributed by atoms with Crippen molar-refractivity contribution in [2.24, 2.45) is 0 Å². The molecule has 0 spiro atoms. The maximum atomic E-state index is 11.8. The third-order valence-electron chi connectivity index (χ3n) is 3.22. The van der Waals surface area contributed by atoms with Gasteiger partial charge in [0, 0.05) is 24.1 Å². The number of carbonyl (C=O) groups is 1. The number of urea groups is 1. The van der Waals surface area contributed by atoms with Crippen LogP contribution in [0.15, 0.2) is 41.8 Å². The van der Waals surface area contributed by atoms with Gasteiger partial charge in [0.25, 0.3) is 0 Å². The second-order valence-corrected chi connectivity index (χ2v) is 5.64. The average Bonchev–Trinajstić information content (AvgIpc) is 3.07. The van der Waals surface area contributed by atoms with E-state index in [1.54, 1.807) is 25.6 Å². The first-order valence-electron chi connectivity index (χ1n) is 6.94. The molecule has 2 amide bonds. The van der Waals surface area contributed by atoms with E-state index in [9.17, 15) is 4.79 Å². The number of hydrogen-bond acceptors (Lipinski definition) is 4. The number of carbonyl (C=O) groups excluding carboxylic acids is 1. The van der Waals surface area contributed by atoms with Crippen LogP contribution in [-0.2, 0) is 11.3 Å². The molecular formula is C16H20N2O3S. The number of thiophene rings is 1. The molecule has 0 radical (unpaired) electrons. The van der Waals surface area contributed by atoms with Gasteiger partial charge < -0.3 is 20.1 Å². The minimum Gasteiger partial charge on any atom is -0.496 e. The van der Waals surface area contributed by atoms with E-state index in [4.69, 9.17) is 9.47 Å². The van der Waals surface area contributed by atoms with E-state index in [2.05, 4.69) is 10.6 Å². The van der Waals surface area contributed by atoms with Crippen molar-refractivity contribution in [2.45, 2.75) is 12.6 Å². The summed E-state index contributed by atoms with van der Waals surface area (Å²) in [5.41, 5.74) is 0.908. The second-order valence-electron chi connectivity index (χ2n) is 4.61. The number of para-hydroxylation sites is 1. The topological polar surface area (TPSA) is 59.6 Å². The highest BCUT2D eigenvalue weighted by atomic mass is 32.1. The van der Waals surface area contributed by atoms with Gasteiger partial charge in [-0.3, -0.25) is 0 Å². The van der Waals surface area contributed by atoms with Crippen molar-refractivity contribution in [3.63, 3.8) is 0 Å². The van der Waals surface area contributed by atoms with Gasteiger partial charge in [0.2, 0.25) is 0 Å². The molecule has 0 aliphatic rings. The van der Waals surface area contributed by atoms with Crippen LogP contribution in [-0.4, -0.2) is 26.8 Å². The van der Waals surface area contributed by atoms with Gasteiger partial charge in [0.05, 0.1) is 13.7 Å². The molecule has 2 N–H and O–H groups in total. The number of amides is 2. The number of hydrogen-bond donors (Lipinski definition) is 2. The Hall–Kier alpha value is -2.05. The Morgan fingerprint density at radius 1 is 1.18 bits per heavy atom. The first-order chi connectivity index (χ1) is 10.7. The van der Waals surface area contributed by atoms with Crippen LogP contribution in [0.3, 0.4) is 0 Å². The van der Waals surface area contributed by atoms with Crippen LogP contribution in [0, 0.1) is 0 Å². The normalized spacial score (nSPS) is 11.7. The molecule has 118 valence electrons. The predicted molar refractivity (Wildman–Crippen MR) is 87.3 cm³/mol. The lowest BCUT2D eigenvalue weighted by Crippen LogP contribution is -2.37. The first-order valence-corrected chi connectivity index (χ1v) is 7.82. The minimum atomic E-state index is -0.261. The van der Waals surface area contributed by atoms with Crippen LogP contribution in [0.1, 0.15) is 16.5 Å². The third kappa shape index (κ3) is 4.47. The monoisotopic (exact) mass is 320 g/mol. The lowest BCUT2D eigenvalue weighted by atomic mass is 10.1. The minimum absolute atomic E-state index is 0.217. The zero-order valence-electron chi connectivity index (χ0n) is 12.7. The fourth-order valence-corrected chi connectivity index (χ4v) is 2.73. The summed E-state index contributed by atoms with van der Waals surface area (Å²) in [6, 6.07) is 11.3. The summed E-state index contributed by atoms with van der Waals surface area (Å²) in [5.74, 6) is 0.746. The maximum Gasteiger partial charge on any atom is 0.315 e. The summed E-state index contributed by atoms with van der Waals surface area (Å²) in [6.07, 6.45) is -0.261. The fourth-order valence-electron chi connectivity index (χ4n) is 2.08. The highest BCUT2D eigenvalue weighted by molar-refractivity contribution is 7.09. The molecular weight excluding hydrogens is 300 g/mol. The highest BCUT2D eigenvalue weighted by Gasteiger charge is 2.16. The molecule has 1 aromatic heterocycles. The maximum absolute atomic E-state index is 11.8. The lowest BCUT2D eigenvalue weighted by Gasteiger charge is -2.19. The molecule has 0 fully saturated rings. The van der Waals surface area contributed by atoms with Crippen molar-refractivity contribution in [3.05, 3.63) is 52.2 Å². The Morgan fingerprint density at radius 2 is 2.00 bits per heavy atom. The molecule has 6 heteroatoms. The van der Waals surface area contributed by atoms with Crippen LogP contribution in [0.4, 0.5) is 4.79 Å². The first kappa shape index (κ1) is 16.3. The molecule has 1 atom stereocenters. The zero-order valence-corrected chi connectivity index (χ0v) is 13.5. The molecule has 5 nitrogen and oxygen atoms in total. The second kappa shape index (κ2) is 8.41. The molecule has 1 heterocycles. The molecule has 0 aliphatic heterocycles. The van der Waals surface area contributed by atoms with Crippen LogP contribution >= 0.6 is 11.3 Å². The van der Waals surface area contributed by atoms with Crippen molar-refractivity contribution < 1.29 is 14.3 Å². The Bertz CT molecular complexity index is 587. The number of rotatable bonds is 7. The molecule has 0 aliphatic carbocycles. The molecule has 2 rings (SSSR count). The molecule has 1 aromatic carbocycles. The van der Waals surface area contributed by atoms with Crippen molar-refractivity contribution >= 4 is 17.4 Å². The van der Waals surface area contributed by atoms with Crippen molar-refractivity contribution in [1.29, 1.82) is 0 Å². The van der Waals surface area contributed by atoms with Gasteiger partial charge in [-0.2, -0.15) is 0 Å². The number of nitrogens with one attached hydrogen (secondary N) is 2. The highest BCUT2D eigenvalue weighted by Crippen LogP contribution is 2.26. The van der Waals surface area contributed by atoms with Gasteiger partial charge in [0.1, 0.15) is 11.9 Å². The summed E-state index contributed by atoms with van der Waals surface area (Å²) in [7, 11) is 3.23. The van der Waals surface area contributed by atoms with E-state index < -0.39 is 0 Å². The molecule has 0 saturated heterocycles. The summed E-state index contributed by atoms with van der Waals surface area (Å²) < 4.78 is 10.8. The largest absolute Gasteiger partial charge is 0.496 e. The van der Waals surface area contributed by atoms with Crippen molar-refractivity contribution in [1.82, 2.24) is 10.6 Å². The van der Waals surface area contributed by atoms with Gasteiger partial charge in [-0.05, 0) is 17.5 Å². The number of methoxy groups -OCH3 is 2. The van der Waals surface area contributed by atoms with E-state index in [0.29, 0.717) is 13.1 Å². The van der Waals surface area contributed by atoms with Gasteiger partial charge in [-0.1, -0.05) is 24.3 Å². The summed E-state index contributed by atoms with van der Waals surface area (Å²) in [6.45, 7) is 0.892. The predicted octanol–water partition coefficient (Wildman–Crippen LogP) is 2.94. The Morgan fingerprint density at radius 3 is 2.68 bits per heavy atom. The zero-order chi connectivity index (χ0) is 15.8. The molecule has 2 aromatic rings. The van der Waals surface area contributed by atoms with Crippen LogP contribution < -0.4 is 15.4 Å². The summed E-state index contributed by atoms with van der Waals surface area (Å²) >= 11 is 1.61. The van der Waals surface area contributed by atoms with E-state index in [1.165, 1.54) is 0 Å². The van der Waals surface area contributed by atoms with Crippen LogP contribution in [0.5, 0.6) is 5.75 Å². The van der Waals surface area contributed by atoms with E-state index in [1.807, 2.05) is 41.8 Å². The third-order valence-corrected chi connectivity index (χ3v) is 4.10. The quantitative estimate of drug-likeness (QED) is 0.824. The Labute approximate surface area is 134 Å². The molecule has 0 saturated carbocycles. The van der Waals surface area contributed by atoms with Crippen molar-refractivity contribution in [2.75, 3.05) is 20.8 Å². The van der Waals surface area contributed by atoms with E-state index >= 15 is 0 Å². The Kier molecular flexibility index (Phi) is 6.24. The van der Waals surface area contributed by atoms with E-state index in [-0.39, 0.29) is 12.1 Å². The smallest absolute Gasteiger partial charge is 0.315 e. The van der Waals surface area contributed by atoms with Gasteiger partial charge in [-0.15, -0.1) is 11.3 Å². The van der Waals surface area contributed by atoms with Gasteiger partial charge in [-0.25, -0.2) is 4.79 Å². The van der Waals surface area contributed by atoms with Gasteiger partial charge >= 0.3 is 6.03 Å². The van der Waals surface area contributed by atoms with Crippen molar-refractivity contribution in [3.8, 4) is 5.75 Å². The SMILES string of the molecule is COc1ccccc1C(CNC(=O)NCc1cccs1)OC. The number of benzene rings is 1. The Balaban J connectivity index is 1.86. The standard InChI is InChI=1S/C16H20N2O3S/c1-20-14-8-4-3-7-13(14)15(21-2)11-18-16(19)17-10-12-6-5-9-22-12/h3-9,15H,10-11H2,1-2H3,(H2,17,18,19). The molecule has 22 heavy (non-hydrogen) atoms.